The first-order valence-corrected chi connectivity index (χ1v) is 6.30. The minimum atomic E-state index is -0.485. The van der Waals surface area contributed by atoms with Crippen LogP contribution in [0.3, 0.4) is 0 Å². The number of methoxy groups -OCH3 is 2. The monoisotopic (exact) mass is 276 g/mol. The topological polar surface area (TPSA) is 43.4 Å². The van der Waals surface area contributed by atoms with Crippen molar-refractivity contribution < 1.29 is 13.9 Å². The summed E-state index contributed by atoms with van der Waals surface area (Å²) in [5.41, 5.74) is 1.10. The predicted octanol–water partition coefficient (Wildman–Crippen LogP) is 2.89. The maximum absolute atomic E-state index is 12.9. The molecule has 1 N–H and O–H groups in total. The van der Waals surface area contributed by atoms with Gasteiger partial charge >= 0.3 is 0 Å². The fourth-order valence-corrected chi connectivity index (χ4v) is 1.88. The third-order valence-electron chi connectivity index (χ3n) is 2.88. The summed E-state index contributed by atoms with van der Waals surface area (Å²) in [6.07, 6.45) is 0.776. The van der Waals surface area contributed by atoms with Gasteiger partial charge in [-0.3, -0.25) is 0 Å². The van der Waals surface area contributed by atoms with E-state index < -0.39 is 5.95 Å². The predicted molar refractivity (Wildman–Crippen MR) is 75.9 cm³/mol. The molecular weight excluding hydrogens is 259 g/mol. The van der Waals surface area contributed by atoms with Crippen LogP contribution in [0, 0.1) is 5.95 Å². The van der Waals surface area contributed by atoms with Crippen LogP contribution in [0.5, 0.6) is 11.5 Å². The second-order valence-electron chi connectivity index (χ2n) is 4.21. The highest BCUT2D eigenvalue weighted by Crippen LogP contribution is 2.27. The molecule has 1 aromatic heterocycles. The van der Waals surface area contributed by atoms with Gasteiger partial charge in [0.2, 0.25) is 5.95 Å². The van der Waals surface area contributed by atoms with Crippen LogP contribution in [-0.4, -0.2) is 25.7 Å². The van der Waals surface area contributed by atoms with Gasteiger partial charge in [-0.2, -0.15) is 4.39 Å². The van der Waals surface area contributed by atoms with Gasteiger partial charge < -0.3 is 14.8 Å². The first-order valence-electron chi connectivity index (χ1n) is 6.30. The van der Waals surface area contributed by atoms with E-state index in [2.05, 4.69) is 10.3 Å². The first kappa shape index (κ1) is 14.1. The molecule has 0 atom stereocenters. The molecule has 5 heteroatoms. The Morgan fingerprint density at radius 2 is 1.90 bits per heavy atom. The second-order valence-corrected chi connectivity index (χ2v) is 4.21. The molecule has 0 bridgehead atoms. The molecule has 2 rings (SSSR count). The minimum absolute atomic E-state index is 0.485. The van der Waals surface area contributed by atoms with Crippen LogP contribution in [0.4, 0.5) is 10.2 Å². The maximum atomic E-state index is 12.9. The summed E-state index contributed by atoms with van der Waals surface area (Å²) in [7, 11) is 3.21. The van der Waals surface area contributed by atoms with Gasteiger partial charge in [-0.25, -0.2) is 4.98 Å². The molecule has 4 nitrogen and oxygen atoms in total. The molecule has 0 aliphatic heterocycles. The third kappa shape index (κ3) is 3.60. The van der Waals surface area contributed by atoms with Crippen LogP contribution in [0.25, 0.3) is 0 Å². The van der Waals surface area contributed by atoms with Gasteiger partial charge in [0.1, 0.15) is 5.82 Å². The Hall–Kier alpha value is -2.30. The SMILES string of the molecule is COc1ccc(CCNc2cccc(F)n2)cc1OC. The Bertz CT molecular complexity index is 576. The molecule has 0 amide bonds. The molecule has 0 radical (unpaired) electrons. The van der Waals surface area contributed by atoms with E-state index >= 15 is 0 Å². The number of hydrogen-bond acceptors (Lipinski definition) is 4. The third-order valence-corrected chi connectivity index (χ3v) is 2.88. The van der Waals surface area contributed by atoms with Crippen LogP contribution in [0.15, 0.2) is 36.4 Å². The Kier molecular flexibility index (Phi) is 4.76. The number of aromatic nitrogens is 1. The number of benzene rings is 1. The molecule has 0 unspecified atom stereocenters. The second kappa shape index (κ2) is 6.75. The quantitative estimate of drug-likeness (QED) is 0.824. The molecule has 0 saturated heterocycles. The molecule has 1 heterocycles. The van der Waals surface area contributed by atoms with Crippen molar-refractivity contribution in [3.05, 3.63) is 47.9 Å². The highest BCUT2D eigenvalue weighted by Gasteiger charge is 2.04. The fourth-order valence-electron chi connectivity index (χ4n) is 1.88. The molecule has 0 fully saturated rings. The summed E-state index contributed by atoms with van der Waals surface area (Å²) in [4.78, 5) is 3.74. The van der Waals surface area contributed by atoms with E-state index in [-0.39, 0.29) is 0 Å². The zero-order valence-corrected chi connectivity index (χ0v) is 11.5. The summed E-state index contributed by atoms with van der Waals surface area (Å²) in [6.45, 7) is 0.659. The molecule has 1 aromatic carbocycles. The highest BCUT2D eigenvalue weighted by atomic mass is 19.1. The number of ether oxygens (including phenoxy) is 2. The van der Waals surface area contributed by atoms with E-state index in [1.165, 1.54) is 6.07 Å². The standard InChI is InChI=1S/C15H17FN2O2/c1-19-12-7-6-11(10-13(12)20-2)8-9-17-15-5-3-4-14(16)18-15/h3-7,10H,8-9H2,1-2H3,(H,17,18). The Balaban J connectivity index is 1.94. The van der Waals surface area contributed by atoms with E-state index in [1.54, 1.807) is 26.4 Å². The Morgan fingerprint density at radius 3 is 2.60 bits per heavy atom. The van der Waals surface area contributed by atoms with Crippen molar-refractivity contribution in [3.8, 4) is 11.5 Å². The normalized spacial score (nSPS) is 10.2. The molecule has 0 aliphatic rings. The summed E-state index contributed by atoms with van der Waals surface area (Å²) >= 11 is 0. The average Bonchev–Trinajstić information content (AvgIpc) is 2.47. The van der Waals surface area contributed by atoms with E-state index in [0.29, 0.717) is 23.9 Å². The van der Waals surface area contributed by atoms with E-state index in [4.69, 9.17) is 9.47 Å². The molecule has 0 aliphatic carbocycles. The summed E-state index contributed by atoms with van der Waals surface area (Å²) in [6, 6.07) is 10.5. The number of nitrogens with one attached hydrogen (secondary N) is 1. The maximum Gasteiger partial charge on any atom is 0.214 e. The van der Waals surface area contributed by atoms with Crippen LogP contribution < -0.4 is 14.8 Å². The lowest BCUT2D eigenvalue weighted by molar-refractivity contribution is 0.354. The van der Waals surface area contributed by atoms with Crippen LogP contribution in [0.2, 0.25) is 0 Å². The van der Waals surface area contributed by atoms with Crippen molar-refractivity contribution in [2.24, 2.45) is 0 Å². The molecule has 106 valence electrons. The van der Waals surface area contributed by atoms with Gasteiger partial charge in [0.05, 0.1) is 14.2 Å². The van der Waals surface area contributed by atoms with Crippen molar-refractivity contribution in [1.82, 2.24) is 4.98 Å². The number of pyridine rings is 1. The van der Waals surface area contributed by atoms with Gasteiger partial charge in [-0.05, 0) is 36.2 Å². The van der Waals surface area contributed by atoms with Crippen molar-refractivity contribution in [3.63, 3.8) is 0 Å². The van der Waals surface area contributed by atoms with Crippen molar-refractivity contribution in [2.45, 2.75) is 6.42 Å². The number of rotatable bonds is 6. The van der Waals surface area contributed by atoms with E-state index in [1.807, 2.05) is 18.2 Å². The van der Waals surface area contributed by atoms with E-state index in [0.717, 1.165) is 12.0 Å². The molecule has 20 heavy (non-hydrogen) atoms. The highest BCUT2D eigenvalue weighted by molar-refractivity contribution is 5.43. The van der Waals surface area contributed by atoms with Crippen molar-refractivity contribution in [1.29, 1.82) is 0 Å². The number of halogens is 1. The van der Waals surface area contributed by atoms with Crippen molar-refractivity contribution in [2.75, 3.05) is 26.1 Å². The summed E-state index contributed by atoms with van der Waals surface area (Å²) in [5.74, 6) is 1.46. The van der Waals surface area contributed by atoms with Gasteiger partial charge in [-0.1, -0.05) is 12.1 Å². The van der Waals surface area contributed by atoms with Gasteiger partial charge in [0.25, 0.3) is 0 Å². The first-order chi connectivity index (χ1) is 9.72. The lowest BCUT2D eigenvalue weighted by Crippen LogP contribution is -2.07. The average molecular weight is 276 g/mol. The molecule has 2 aromatic rings. The summed E-state index contributed by atoms with van der Waals surface area (Å²) in [5, 5.41) is 3.08. The van der Waals surface area contributed by atoms with Gasteiger partial charge in [0, 0.05) is 6.54 Å². The van der Waals surface area contributed by atoms with Gasteiger partial charge in [0.15, 0.2) is 11.5 Å². The molecule has 0 spiro atoms. The number of anilines is 1. The Labute approximate surface area is 117 Å². The number of hydrogen-bond donors (Lipinski definition) is 1. The zero-order chi connectivity index (χ0) is 14.4. The van der Waals surface area contributed by atoms with E-state index in [9.17, 15) is 4.39 Å². The lowest BCUT2D eigenvalue weighted by atomic mass is 10.1. The summed E-state index contributed by atoms with van der Waals surface area (Å²) < 4.78 is 23.4. The molecular formula is C15H17FN2O2. The molecule has 0 saturated carbocycles. The van der Waals surface area contributed by atoms with Gasteiger partial charge in [-0.15, -0.1) is 0 Å². The number of nitrogens with zero attached hydrogens (tertiary/aromatic N) is 1. The van der Waals surface area contributed by atoms with Crippen molar-refractivity contribution >= 4 is 5.82 Å². The minimum Gasteiger partial charge on any atom is -0.493 e. The zero-order valence-electron chi connectivity index (χ0n) is 11.5. The van der Waals surface area contributed by atoms with Crippen LogP contribution in [-0.2, 0) is 6.42 Å². The van der Waals surface area contributed by atoms with Crippen LogP contribution in [0.1, 0.15) is 5.56 Å². The lowest BCUT2D eigenvalue weighted by Gasteiger charge is -2.10. The van der Waals surface area contributed by atoms with Crippen LogP contribution >= 0.6 is 0 Å². The largest absolute Gasteiger partial charge is 0.493 e. The fraction of sp³-hybridized carbons (Fsp3) is 0.267. The smallest absolute Gasteiger partial charge is 0.214 e. The Morgan fingerprint density at radius 1 is 1.10 bits per heavy atom.